The lowest BCUT2D eigenvalue weighted by Gasteiger charge is -2.28. The van der Waals surface area contributed by atoms with Crippen molar-refractivity contribution in [2.75, 3.05) is 25.0 Å². The minimum atomic E-state index is -0.929. The van der Waals surface area contributed by atoms with E-state index in [-0.39, 0.29) is 12.4 Å². The maximum Gasteiger partial charge on any atom is 0.0799 e. The number of hydrogen-bond acceptors (Lipinski definition) is 1. The molecule has 30 heavy (non-hydrogen) atoms. The Morgan fingerprint density at radius 2 is 0.700 bits per heavy atom. The lowest BCUT2D eigenvalue weighted by atomic mass is 10.1. The van der Waals surface area contributed by atoms with E-state index in [1.165, 1.54) is 147 Å². The first-order valence-corrected chi connectivity index (χ1v) is 16.2. The fourth-order valence-electron chi connectivity index (χ4n) is 4.51. The van der Waals surface area contributed by atoms with Gasteiger partial charge in [0.2, 0.25) is 0 Å². The van der Waals surface area contributed by atoms with Crippen molar-refractivity contribution in [1.29, 1.82) is 0 Å². The van der Waals surface area contributed by atoms with Gasteiger partial charge in [-0.15, -0.1) is 12.4 Å². The van der Waals surface area contributed by atoms with Crippen molar-refractivity contribution in [3.8, 4) is 0 Å². The lowest BCUT2D eigenvalue weighted by Crippen LogP contribution is -2.25. The summed E-state index contributed by atoms with van der Waals surface area (Å²) in [5.41, 5.74) is 0. The van der Waals surface area contributed by atoms with Gasteiger partial charge in [0, 0.05) is 6.54 Å². The van der Waals surface area contributed by atoms with Crippen molar-refractivity contribution in [3.05, 3.63) is 0 Å². The molecule has 184 valence electrons. The Morgan fingerprint density at radius 3 is 1.00 bits per heavy atom. The Balaban J connectivity index is 0. The summed E-state index contributed by atoms with van der Waals surface area (Å²) < 4.78 is 0. The molecule has 0 aromatic rings. The Labute approximate surface area is 199 Å². The molecule has 0 saturated carbocycles. The van der Waals surface area contributed by atoms with Gasteiger partial charge in [0.15, 0.2) is 0 Å². The first-order chi connectivity index (χ1) is 14.2. The van der Waals surface area contributed by atoms with Gasteiger partial charge in [-0.25, -0.2) is 0 Å². The predicted molar refractivity (Wildman–Crippen MR) is 147 cm³/mol. The molecule has 0 radical (unpaired) electrons. The van der Waals surface area contributed by atoms with Crippen LogP contribution in [0.15, 0.2) is 0 Å². The normalized spacial score (nSPS) is 11.6. The van der Waals surface area contributed by atoms with Crippen LogP contribution in [0.4, 0.5) is 0 Å². The zero-order valence-electron chi connectivity index (χ0n) is 21.6. The molecule has 0 aromatic heterocycles. The molecule has 0 rings (SSSR count). The summed E-state index contributed by atoms with van der Waals surface area (Å²) in [6.07, 6.45) is 31.9. The van der Waals surface area contributed by atoms with Crippen molar-refractivity contribution in [3.63, 3.8) is 0 Å². The summed E-state index contributed by atoms with van der Waals surface area (Å²) in [5, 5.41) is 4.20. The van der Waals surface area contributed by atoms with Crippen LogP contribution in [0.5, 0.6) is 0 Å². The summed E-state index contributed by atoms with van der Waals surface area (Å²) in [6, 6.07) is 0. The second kappa shape index (κ2) is 25.9. The molecule has 0 aromatic carbocycles. The van der Waals surface area contributed by atoms with Crippen LogP contribution in [0.1, 0.15) is 150 Å². The van der Waals surface area contributed by atoms with E-state index in [4.69, 9.17) is 0 Å². The molecule has 0 saturated heterocycles. The third-order valence-corrected chi connectivity index (χ3v) is 10.9. The quantitative estimate of drug-likeness (QED) is 0.110. The second-order valence-corrected chi connectivity index (χ2v) is 13.5. The van der Waals surface area contributed by atoms with E-state index in [0.29, 0.717) is 0 Å². The van der Waals surface area contributed by atoms with Gasteiger partial charge < -0.3 is 0 Å². The first-order valence-electron chi connectivity index (χ1n) is 13.9. The van der Waals surface area contributed by atoms with Gasteiger partial charge in [-0.2, -0.15) is 5.09 Å². The molecule has 3 heteroatoms. The molecule has 0 spiro atoms. The van der Waals surface area contributed by atoms with Crippen LogP contribution in [-0.4, -0.2) is 25.0 Å². The first kappa shape index (κ1) is 32.9. The molecule has 0 atom stereocenters. The number of rotatable bonds is 24. The fourth-order valence-corrected chi connectivity index (χ4v) is 8.84. The van der Waals surface area contributed by atoms with Crippen molar-refractivity contribution in [1.82, 2.24) is 5.09 Å². The Bertz CT molecular complexity index is 270. The molecule has 1 nitrogen and oxygen atoms in total. The highest BCUT2D eigenvalue weighted by molar-refractivity contribution is 7.74. The van der Waals surface area contributed by atoms with Gasteiger partial charge in [0.05, 0.1) is 25.9 Å². The van der Waals surface area contributed by atoms with E-state index in [1.807, 2.05) is 0 Å². The Morgan fingerprint density at radius 1 is 0.400 bits per heavy atom. The fraction of sp³-hybridized carbons (Fsp3) is 1.00. The summed E-state index contributed by atoms with van der Waals surface area (Å²) >= 11 is 0. The number of hydrogen-bond donors (Lipinski definition) is 1. The zero-order chi connectivity index (χ0) is 21.5. The monoisotopic (exact) mass is 464 g/mol. The third-order valence-electron chi connectivity index (χ3n) is 6.52. The lowest BCUT2D eigenvalue weighted by molar-refractivity contribution is 0.613. The maximum absolute atomic E-state index is 4.20. The molecule has 0 heterocycles. The van der Waals surface area contributed by atoms with E-state index in [0.717, 1.165) is 0 Å². The van der Waals surface area contributed by atoms with Gasteiger partial charge in [-0.1, -0.05) is 105 Å². The molecule has 0 aliphatic heterocycles. The standard InChI is InChI=1S/C27H59NP.ClH/c1-5-9-12-15-18-21-25-29(28-24-8-4,26-22-19-16-13-10-6-2)27-23-20-17-14-11-7-3;/h28H,5-27H2,1-4H3;1H/q+1;. The molecule has 0 bridgehead atoms. The molecule has 0 unspecified atom stereocenters. The minimum absolute atomic E-state index is 0. The van der Waals surface area contributed by atoms with Crippen LogP contribution in [0.25, 0.3) is 0 Å². The average molecular weight is 465 g/mol. The number of nitrogens with one attached hydrogen (secondary N) is 1. The van der Waals surface area contributed by atoms with Crippen LogP contribution in [0.3, 0.4) is 0 Å². The van der Waals surface area contributed by atoms with E-state index < -0.39 is 7.41 Å². The zero-order valence-corrected chi connectivity index (χ0v) is 23.3. The highest BCUT2D eigenvalue weighted by Gasteiger charge is 2.35. The molecule has 1 N–H and O–H groups in total. The second-order valence-electron chi connectivity index (χ2n) is 9.53. The van der Waals surface area contributed by atoms with Gasteiger partial charge in [-0.05, 0) is 44.9 Å². The molecule has 0 aliphatic carbocycles. The highest BCUT2D eigenvalue weighted by atomic mass is 35.5. The molecular formula is C27H60ClNP+. The van der Waals surface area contributed by atoms with Crippen molar-refractivity contribution in [2.45, 2.75) is 150 Å². The minimum Gasteiger partial charge on any atom is -0.192 e. The van der Waals surface area contributed by atoms with E-state index in [2.05, 4.69) is 32.8 Å². The van der Waals surface area contributed by atoms with Crippen molar-refractivity contribution >= 4 is 19.8 Å². The van der Waals surface area contributed by atoms with Crippen LogP contribution in [-0.2, 0) is 0 Å². The summed E-state index contributed by atoms with van der Waals surface area (Å²) in [6.45, 7) is 10.6. The smallest absolute Gasteiger partial charge is 0.0799 e. The van der Waals surface area contributed by atoms with E-state index >= 15 is 0 Å². The summed E-state index contributed by atoms with van der Waals surface area (Å²) in [5.74, 6) is 0. The average Bonchev–Trinajstić information content (AvgIpc) is 2.74. The van der Waals surface area contributed by atoms with E-state index in [9.17, 15) is 0 Å². The van der Waals surface area contributed by atoms with Crippen LogP contribution in [0.2, 0.25) is 0 Å². The van der Waals surface area contributed by atoms with Gasteiger partial charge in [0.1, 0.15) is 0 Å². The summed E-state index contributed by atoms with van der Waals surface area (Å²) in [7, 11) is -0.929. The number of unbranched alkanes of at least 4 members (excludes halogenated alkanes) is 15. The van der Waals surface area contributed by atoms with Crippen LogP contribution >= 0.6 is 19.8 Å². The summed E-state index contributed by atoms with van der Waals surface area (Å²) in [4.78, 5) is 0. The largest absolute Gasteiger partial charge is 0.192 e. The third kappa shape index (κ3) is 20.6. The predicted octanol–water partition coefficient (Wildman–Crippen LogP) is 10.4. The van der Waals surface area contributed by atoms with Gasteiger partial charge >= 0.3 is 0 Å². The SMILES string of the molecule is CCCCCCCC[P+](CCCCCCCC)(CCCCCCCC)NCCC.Cl. The van der Waals surface area contributed by atoms with Crippen LogP contribution in [0, 0.1) is 0 Å². The van der Waals surface area contributed by atoms with Crippen molar-refractivity contribution < 1.29 is 0 Å². The van der Waals surface area contributed by atoms with E-state index in [1.54, 1.807) is 0 Å². The maximum atomic E-state index is 4.20. The highest BCUT2D eigenvalue weighted by Crippen LogP contribution is 2.57. The Hall–Kier alpha value is 0.680. The molecule has 0 aliphatic rings. The molecular weight excluding hydrogens is 405 g/mol. The number of halogens is 1. The van der Waals surface area contributed by atoms with Crippen LogP contribution < -0.4 is 5.09 Å². The topological polar surface area (TPSA) is 12.0 Å². The van der Waals surface area contributed by atoms with Gasteiger partial charge in [0.25, 0.3) is 0 Å². The van der Waals surface area contributed by atoms with Gasteiger partial charge in [-0.3, -0.25) is 0 Å². The van der Waals surface area contributed by atoms with Crippen molar-refractivity contribution in [2.24, 2.45) is 0 Å². The molecule has 0 fully saturated rings. The molecule has 0 amide bonds. The Kier molecular flexibility index (Phi) is 28.4.